The van der Waals surface area contributed by atoms with Crippen molar-refractivity contribution in [3.63, 3.8) is 0 Å². The molecule has 0 saturated carbocycles. The lowest BCUT2D eigenvalue weighted by molar-refractivity contribution is -0.268. The van der Waals surface area contributed by atoms with Crippen LogP contribution in [0.1, 0.15) is 53.5 Å². The molecular formula is C32H36N4O4S2. The van der Waals surface area contributed by atoms with Crippen molar-refractivity contribution < 1.29 is 19.4 Å². The highest BCUT2D eigenvalue weighted by Gasteiger charge is 2.38. The maximum absolute atomic E-state index is 11.8. The Hall–Kier alpha value is -3.28. The number of aliphatic hydroxyl groups is 1. The number of hydrogen-bond acceptors (Lipinski definition) is 8. The van der Waals surface area contributed by atoms with Crippen molar-refractivity contribution in [3.05, 3.63) is 100 Å². The summed E-state index contributed by atoms with van der Waals surface area (Å²) < 4.78 is 14.1. The number of nitrogens with one attached hydrogen (secondary N) is 2. The standard InChI is InChI=1S/C32H36N4O4S2/c1-4-33-31(38)34-17-23-6-5-7-27(16-23)24-12-14-26(15-13-24)30-39-28(19-41-32-36-35-21(3)42-32)20(2)29(40-30)25-10-8-22(18-37)9-11-25/h5-16,20,28-30,37H,4,17-19H2,1-3H3,(H2,33,34,38)/t20-,28+,29+,30+/m1/s1. The van der Waals surface area contributed by atoms with Gasteiger partial charge in [0.2, 0.25) is 0 Å². The van der Waals surface area contributed by atoms with Crippen LogP contribution in [0.3, 0.4) is 0 Å². The lowest BCUT2D eigenvalue weighted by Gasteiger charge is -2.41. The normalized spacial score (nSPS) is 20.3. The summed E-state index contributed by atoms with van der Waals surface area (Å²) in [6.45, 7) is 7.06. The Morgan fingerprint density at radius 1 is 0.952 bits per heavy atom. The van der Waals surface area contributed by atoms with E-state index in [4.69, 9.17) is 9.47 Å². The summed E-state index contributed by atoms with van der Waals surface area (Å²) in [6, 6.07) is 24.2. The monoisotopic (exact) mass is 604 g/mol. The first-order valence-corrected chi connectivity index (χ1v) is 15.9. The van der Waals surface area contributed by atoms with Crippen molar-refractivity contribution in [2.75, 3.05) is 12.3 Å². The van der Waals surface area contributed by atoms with Crippen LogP contribution in [0.2, 0.25) is 0 Å². The molecule has 1 aromatic heterocycles. The van der Waals surface area contributed by atoms with Crippen LogP contribution in [0.25, 0.3) is 11.1 Å². The number of aromatic nitrogens is 2. The molecule has 0 unspecified atom stereocenters. The van der Waals surface area contributed by atoms with Crippen LogP contribution in [0, 0.1) is 12.8 Å². The number of rotatable bonds is 10. The van der Waals surface area contributed by atoms with E-state index in [-0.39, 0.29) is 30.8 Å². The largest absolute Gasteiger partial charge is 0.392 e. The number of aliphatic hydroxyl groups excluding tert-OH is 1. The van der Waals surface area contributed by atoms with E-state index in [1.54, 1.807) is 23.1 Å². The Bertz CT molecular complexity index is 1460. The number of hydrogen-bond donors (Lipinski definition) is 3. The molecule has 2 heterocycles. The zero-order chi connectivity index (χ0) is 29.5. The van der Waals surface area contributed by atoms with E-state index in [2.05, 4.69) is 64.2 Å². The van der Waals surface area contributed by atoms with Gasteiger partial charge in [0, 0.05) is 30.3 Å². The minimum atomic E-state index is -0.535. The van der Waals surface area contributed by atoms with E-state index in [1.807, 2.05) is 50.2 Å². The third-order valence-electron chi connectivity index (χ3n) is 7.24. The molecule has 4 aromatic rings. The minimum absolute atomic E-state index is 0.00752. The number of carbonyl (C=O) groups is 1. The summed E-state index contributed by atoms with van der Waals surface area (Å²) in [5.74, 6) is 0.827. The van der Waals surface area contributed by atoms with Gasteiger partial charge in [-0.2, -0.15) is 0 Å². The van der Waals surface area contributed by atoms with Gasteiger partial charge in [-0.15, -0.1) is 10.2 Å². The van der Waals surface area contributed by atoms with Crippen LogP contribution in [0.4, 0.5) is 4.79 Å². The van der Waals surface area contributed by atoms with E-state index in [1.165, 1.54) is 0 Å². The highest BCUT2D eigenvalue weighted by molar-refractivity contribution is 8.01. The third-order valence-corrected chi connectivity index (χ3v) is 9.30. The first-order valence-electron chi connectivity index (χ1n) is 14.1. The van der Waals surface area contributed by atoms with Gasteiger partial charge < -0.3 is 25.2 Å². The van der Waals surface area contributed by atoms with E-state index in [0.717, 1.165) is 48.5 Å². The zero-order valence-electron chi connectivity index (χ0n) is 23.9. The van der Waals surface area contributed by atoms with Crippen molar-refractivity contribution >= 4 is 29.1 Å². The molecule has 42 heavy (non-hydrogen) atoms. The Morgan fingerprint density at radius 3 is 2.40 bits per heavy atom. The number of benzene rings is 3. The van der Waals surface area contributed by atoms with Crippen LogP contribution in [-0.2, 0) is 22.6 Å². The lowest BCUT2D eigenvalue weighted by atomic mass is 9.91. The van der Waals surface area contributed by atoms with Crippen LogP contribution in [0.15, 0.2) is 77.1 Å². The van der Waals surface area contributed by atoms with Gasteiger partial charge in [-0.05, 0) is 47.7 Å². The molecule has 4 atom stereocenters. The molecule has 3 aromatic carbocycles. The molecule has 220 valence electrons. The molecular weight excluding hydrogens is 569 g/mol. The molecule has 0 radical (unpaired) electrons. The molecule has 1 aliphatic rings. The minimum Gasteiger partial charge on any atom is -0.392 e. The number of nitrogens with zero attached hydrogens (tertiary/aromatic N) is 2. The van der Waals surface area contributed by atoms with Crippen LogP contribution < -0.4 is 10.6 Å². The van der Waals surface area contributed by atoms with Gasteiger partial charge in [0.05, 0.1) is 18.8 Å². The van der Waals surface area contributed by atoms with Crippen molar-refractivity contribution in [2.45, 2.75) is 56.8 Å². The maximum atomic E-state index is 11.8. The van der Waals surface area contributed by atoms with Gasteiger partial charge in [0.25, 0.3) is 0 Å². The lowest BCUT2D eigenvalue weighted by Crippen LogP contribution is -2.38. The summed E-state index contributed by atoms with van der Waals surface area (Å²) in [7, 11) is 0. The summed E-state index contributed by atoms with van der Waals surface area (Å²) in [4.78, 5) is 11.8. The highest BCUT2D eigenvalue weighted by Crippen LogP contribution is 2.43. The van der Waals surface area contributed by atoms with E-state index < -0.39 is 6.29 Å². The topological polar surface area (TPSA) is 106 Å². The van der Waals surface area contributed by atoms with Gasteiger partial charge in [0.15, 0.2) is 10.6 Å². The molecule has 3 N–H and O–H groups in total. The predicted octanol–water partition coefficient (Wildman–Crippen LogP) is 6.41. The third kappa shape index (κ3) is 7.56. The quantitative estimate of drug-likeness (QED) is 0.180. The van der Waals surface area contributed by atoms with Gasteiger partial charge in [-0.1, -0.05) is 96.8 Å². The molecule has 5 rings (SSSR count). The average Bonchev–Trinajstić information content (AvgIpc) is 3.45. The zero-order valence-corrected chi connectivity index (χ0v) is 25.6. The molecule has 8 nitrogen and oxygen atoms in total. The molecule has 10 heteroatoms. The Balaban J connectivity index is 1.33. The fourth-order valence-electron chi connectivity index (χ4n) is 4.90. The second kappa shape index (κ2) is 14.3. The second-order valence-corrected chi connectivity index (χ2v) is 12.7. The van der Waals surface area contributed by atoms with Crippen LogP contribution >= 0.6 is 23.1 Å². The van der Waals surface area contributed by atoms with Crippen molar-refractivity contribution in [1.82, 2.24) is 20.8 Å². The Labute approximate surface area is 254 Å². The van der Waals surface area contributed by atoms with Gasteiger partial charge >= 0.3 is 6.03 Å². The fraction of sp³-hybridized carbons (Fsp3) is 0.344. The Kier molecular flexibility index (Phi) is 10.2. The number of urea groups is 1. The number of carbonyl (C=O) groups excluding carboxylic acids is 1. The summed E-state index contributed by atoms with van der Waals surface area (Å²) >= 11 is 3.25. The molecule has 1 fully saturated rings. The van der Waals surface area contributed by atoms with Gasteiger partial charge in [0.1, 0.15) is 5.01 Å². The highest BCUT2D eigenvalue weighted by atomic mass is 32.2. The molecule has 0 spiro atoms. The smallest absolute Gasteiger partial charge is 0.315 e. The predicted molar refractivity (Wildman–Crippen MR) is 166 cm³/mol. The Morgan fingerprint density at radius 2 is 1.71 bits per heavy atom. The first kappa shape index (κ1) is 30.2. The summed E-state index contributed by atoms with van der Waals surface area (Å²) in [5, 5.41) is 24.5. The first-order chi connectivity index (χ1) is 20.4. The SMILES string of the molecule is CCNC(=O)NCc1cccc(-c2ccc([C@H]3O[C@@H](CSc4nnc(C)s4)[C@@H](C)[C@@H](c4ccc(CO)cc4)O3)cc2)c1. The number of aryl methyl sites for hydroxylation is 1. The number of amides is 2. The number of ether oxygens (including phenoxy) is 2. The number of thioether (sulfide) groups is 1. The van der Waals surface area contributed by atoms with Gasteiger partial charge in [-0.3, -0.25) is 0 Å². The molecule has 1 saturated heterocycles. The van der Waals surface area contributed by atoms with Crippen molar-refractivity contribution in [2.24, 2.45) is 5.92 Å². The van der Waals surface area contributed by atoms with Crippen molar-refractivity contribution in [1.29, 1.82) is 0 Å². The molecule has 2 amide bonds. The molecule has 0 aliphatic carbocycles. The van der Waals surface area contributed by atoms with E-state index in [0.29, 0.717) is 13.1 Å². The fourth-order valence-corrected chi connectivity index (χ4v) is 6.90. The van der Waals surface area contributed by atoms with E-state index in [9.17, 15) is 9.90 Å². The summed E-state index contributed by atoms with van der Waals surface area (Å²) in [5.41, 5.74) is 6.03. The molecule has 1 aliphatic heterocycles. The maximum Gasteiger partial charge on any atom is 0.315 e. The van der Waals surface area contributed by atoms with Crippen LogP contribution in [0.5, 0.6) is 0 Å². The average molecular weight is 605 g/mol. The summed E-state index contributed by atoms with van der Waals surface area (Å²) in [6.07, 6.45) is -0.784. The van der Waals surface area contributed by atoms with Crippen LogP contribution in [-0.4, -0.2) is 39.7 Å². The van der Waals surface area contributed by atoms with Gasteiger partial charge in [-0.25, -0.2) is 4.79 Å². The second-order valence-electron chi connectivity index (χ2n) is 10.3. The molecule has 0 bridgehead atoms. The van der Waals surface area contributed by atoms with E-state index >= 15 is 0 Å². The van der Waals surface area contributed by atoms with Crippen molar-refractivity contribution in [3.8, 4) is 11.1 Å².